The number of ether oxygens (including phenoxy) is 5. The number of carboxylic acids is 1. The van der Waals surface area contributed by atoms with Crippen LogP contribution in [0.25, 0.3) is 0 Å². The lowest BCUT2D eigenvalue weighted by Crippen LogP contribution is -2.61. The minimum Gasteiger partial charge on any atom is -0.479 e. The molecule has 12 heteroatoms. The fourth-order valence-corrected chi connectivity index (χ4v) is 9.55. The summed E-state index contributed by atoms with van der Waals surface area (Å²) in [5, 5.41) is 31.4. The summed E-state index contributed by atoms with van der Waals surface area (Å²) in [6.45, 7) is 6.02. The number of hydrogen-bond acceptors (Lipinski definition) is 11. The number of esters is 3. The predicted octanol–water partition coefficient (Wildman–Crippen LogP) is 15.1. The first-order valence-corrected chi connectivity index (χ1v) is 30.0. The Kier molecular flexibility index (Phi) is 45.7. The Morgan fingerprint density at radius 2 is 0.718 bits per heavy atom. The van der Waals surface area contributed by atoms with Gasteiger partial charge in [0.05, 0.1) is 6.61 Å². The van der Waals surface area contributed by atoms with E-state index in [4.69, 9.17) is 23.7 Å². The minimum absolute atomic E-state index is 0.0707. The topological polar surface area (TPSA) is 175 Å². The van der Waals surface area contributed by atoms with Crippen LogP contribution >= 0.6 is 0 Å². The molecule has 0 aromatic rings. The minimum atomic E-state index is -1.89. The van der Waals surface area contributed by atoms with Gasteiger partial charge in [0.1, 0.15) is 18.8 Å². The molecular formula is C59H110O12. The molecule has 6 unspecified atom stereocenters. The van der Waals surface area contributed by atoms with Gasteiger partial charge in [0.2, 0.25) is 0 Å². The number of aliphatic hydroxyl groups is 2. The molecular weight excluding hydrogens is 901 g/mol. The van der Waals surface area contributed by atoms with E-state index in [2.05, 4.69) is 20.8 Å². The van der Waals surface area contributed by atoms with Crippen LogP contribution in [0.15, 0.2) is 0 Å². The van der Waals surface area contributed by atoms with E-state index >= 15 is 0 Å². The number of aliphatic carboxylic acids is 1. The Labute approximate surface area is 433 Å². The second-order valence-electron chi connectivity index (χ2n) is 21.0. The van der Waals surface area contributed by atoms with Crippen molar-refractivity contribution in [1.29, 1.82) is 0 Å². The fourth-order valence-electron chi connectivity index (χ4n) is 9.55. The van der Waals surface area contributed by atoms with E-state index in [-0.39, 0.29) is 25.9 Å². The van der Waals surface area contributed by atoms with E-state index < -0.39 is 67.3 Å². The van der Waals surface area contributed by atoms with Gasteiger partial charge in [-0.15, -0.1) is 0 Å². The zero-order valence-electron chi connectivity index (χ0n) is 46.0. The summed E-state index contributed by atoms with van der Waals surface area (Å²) in [4.78, 5) is 51.0. The molecule has 1 rings (SSSR count). The summed E-state index contributed by atoms with van der Waals surface area (Å²) in [6, 6.07) is 0. The van der Waals surface area contributed by atoms with Gasteiger partial charge < -0.3 is 39.0 Å². The number of carboxylic acid groups (broad SMARTS) is 1. The first-order valence-electron chi connectivity index (χ1n) is 30.0. The van der Waals surface area contributed by atoms with Crippen LogP contribution in [0.4, 0.5) is 0 Å². The molecule has 0 saturated carbocycles. The monoisotopic (exact) mass is 1010 g/mol. The Balaban J connectivity index is 2.65. The third kappa shape index (κ3) is 38.9. The lowest BCUT2D eigenvalue weighted by atomic mass is 9.98. The Morgan fingerprint density at radius 1 is 0.408 bits per heavy atom. The van der Waals surface area contributed by atoms with Gasteiger partial charge in [0.15, 0.2) is 24.6 Å². The SMILES string of the molecule is CCCCCCCCCCCCCCCCCC(=O)OCC(COC1OC(C(=O)O)C(O)C(O)C1OC(=O)CCCCCCCCCCCCCCCCC)OC(=O)CCCCCCCCCCCCC. The van der Waals surface area contributed by atoms with Gasteiger partial charge in [-0.05, 0) is 19.3 Å². The van der Waals surface area contributed by atoms with Crippen LogP contribution in [0.2, 0.25) is 0 Å². The van der Waals surface area contributed by atoms with Crippen molar-refractivity contribution in [3.8, 4) is 0 Å². The highest BCUT2D eigenvalue weighted by molar-refractivity contribution is 5.74. The number of aliphatic hydroxyl groups excluding tert-OH is 2. The van der Waals surface area contributed by atoms with Crippen molar-refractivity contribution < 1.29 is 58.2 Å². The maximum atomic E-state index is 13.1. The first kappa shape index (κ1) is 66.7. The van der Waals surface area contributed by atoms with Crippen molar-refractivity contribution in [2.45, 2.75) is 340 Å². The highest BCUT2D eigenvalue weighted by Crippen LogP contribution is 2.27. The standard InChI is InChI=1S/C59H110O12/c1-4-7-10-13-16-19-22-24-26-28-31-33-36-39-42-45-51(60)67-48-50(69-52(61)46-43-40-37-34-30-21-18-15-12-9-6-3)49-68-59-57(55(64)54(63)56(71-59)58(65)66)70-53(62)47-44-41-38-35-32-29-27-25-23-20-17-14-11-8-5-2/h50,54-57,59,63-64H,4-49H2,1-3H3,(H,65,66). The van der Waals surface area contributed by atoms with Crippen molar-refractivity contribution in [2.75, 3.05) is 13.2 Å². The molecule has 0 aromatic heterocycles. The van der Waals surface area contributed by atoms with E-state index in [1.165, 1.54) is 186 Å². The van der Waals surface area contributed by atoms with Crippen LogP contribution in [0.5, 0.6) is 0 Å². The zero-order valence-corrected chi connectivity index (χ0v) is 46.0. The number of carbonyl (C=O) groups excluding carboxylic acids is 3. The third-order valence-electron chi connectivity index (χ3n) is 14.2. The molecule has 12 nitrogen and oxygen atoms in total. The molecule has 71 heavy (non-hydrogen) atoms. The zero-order chi connectivity index (χ0) is 51.8. The molecule has 0 bridgehead atoms. The number of unbranched alkanes of at least 4 members (excludes halogenated alkanes) is 38. The van der Waals surface area contributed by atoms with E-state index in [9.17, 15) is 34.5 Å². The van der Waals surface area contributed by atoms with Gasteiger partial charge in [-0.1, -0.05) is 265 Å². The molecule has 1 aliphatic rings. The van der Waals surface area contributed by atoms with Crippen LogP contribution in [-0.2, 0) is 42.9 Å². The molecule has 0 amide bonds. The average Bonchev–Trinajstić information content (AvgIpc) is 3.35. The highest BCUT2D eigenvalue weighted by Gasteiger charge is 2.50. The summed E-state index contributed by atoms with van der Waals surface area (Å²) in [6.07, 6.45) is 39.3. The van der Waals surface area contributed by atoms with Gasteiger partial charge in [0.25, 0.3) is 0 Å². The van der Waals surface area contributed by atoms with E-state index in [1.54, 1.807) is 0 Å². The lowest BCUT2D eigenvalue weighted by Gasteiger charge is -2.40. The summed E-state index contributed by atoms with van der Waals surface area (Å²) in [7, 11) is 0. The molecule has 0 aromatic carbocycles. The smallest absolute Gasteiger partial charge is 0.335 e. The molecule has 6 atom stereocenters. The second-order valence-corrected chi connectivity index (χ2v) is 21.0. The van der Waals surface area contributed by atoms with Gasteiger partial charge in [0, 0.05) is 19.3 Å². The molecule has 1 heterocycles. The third-order valence-corrected chi connectivity index (χ3v) is 14.2. The Morgan fingerprint density at radius 3 is 1.06 bits per heavy atom. The number of carbonyl (C=O) groups is 4. The van der Waals surface area contributed by atoms with E-state index in [0.29, 0.717) is 19.3 Å². The van der Waals surface area contributed by atoms with Crippen LogP contribution in [0, 0.1) is 0 Å². The van der Waals surface area contributed by atoms with Crippen molar-refractivity contribution in [3.05, 3.63) is 0 Å². The van der Waals surface area contributed by atoms with Crippen molar-refractivity contribution in [2.24, 2.45) is 0 Å². The van der Waals surface area contributed by atoms with Gasteiger partial charge in [-0.25, -0.2) is 4.79 Å². The lowest BCUT2D eigenvalue weighted by molar-refractivity contribution is -0.301. The molecule has 3 N–H and O–H groups in total. The first-order chi connectivity index (χ1) is 34.6. The molecule has 1 fully saturated rings. The van der Waals surface area contributed by atoms with Crippen LogP contribution in [-0.4, -0.2) is 89.2 Å². The molecule has 0 aliphatic carbocycles. The van der Waals surface area contributed by atoms with Crippen molar-refractivity contribution in [3.63, 3.8) is 0 Å². The molecule has 418 valence electrons. The molecule has 1 saturated heterocycles. The largest absolute Gasteiger partial charge is 0.479 e. The van der Waals surface area contributed by atoms with Crippen molar-refractivity contribution >= 4 is 23.9 Å². The van der Waals surface area contributed by atoms with E-state index in [1.807, 2.05) is 0 Å². The van der Waals surface area contributed by atoms with Crippen LogP contribution in [0.3, 0.4) is 0 Å². The van der Waals surface area contributed by atoms with Crippen LogP contribution in [0.1, 0.15) is 303 Å². The Hall–Kier alpha value is -2.28. The summed E-state index contributed by atoms with van der Waals surface area (Å²) in [5.74, 6) is -3.07. The Bertz CT molecular complexity index is 1250. The fraction of sp³-hybridized carbons (Fsp3) is 0.932. The number of hydrogen-bond donors (Lipinski definition) is 3. The summed E-state index contributed by atoms with van der Waals surface area (Å²) >= 11 is 0. The average molecular weight is 1010 g/mol. The second kappa shape index (κ2) is 48.6. The predicted molar refractivity (Wildman–Crippen MR) is 285 cm³/mol. The maximum Gasteiger partial charge on any atom is 0.335 e. The van der Waals surface area contributed by atoms with Crippen LogP contribution < -0.4 is 0 Å². The quantitative estimate of drug-likeness (QED) is 0.0299. The normalized spacial score (nSPS) is 18.4. The molecule has 0 spiro atoms. The van der Waals surface area contributed by atoms with Gasteiger partial charge >= 0.3 is 23.9 Å². The highest BCUT2D eigenvalue weighted by atomic mass is 16.7. The van der Waals surface area contributed by atoms with E-state index in [0.717, 1.165) is 57.8 Å². The summed E-state index contributed by atoms with van der Waals surface area (Å²) in [5.41, 5.74) is 0. The van der Waals surface area contributed by atoms with Gasteiger partial charge in [-0.3, -0.25) is 14.4 Å². The summed E-state index contributed by atoms with van der Waals surface area (Å²) < 4.78 is 28.4. The molecule has 0 radical (unpaired) electrons. The van der Waals surface area contributed by atoms with Gasteiger partial charge in [-0.2, -0.15) is 0 Å². The maximum absolute atomic E-state index is 13.1. The van der Waals surface area contributed by atoms with Crippen molar-refractivity contribution in [1.82, 2.24) is 0 Å². The molecule has 1 aliphatic heterocycles. The number of rotatable bonds is 52.